The Morgan fingerprint density at radius 1 is 1.08 bits per heavy atom. The molecule has 0 saturated heterocycles. The summed E-state index contributed by atoms with van der Waals surface area (Å²) in [5.74, 6) is -0.355. The van der Waals surface area contributed by atoms with E-state index in [0.29, 0.717) is 22.8 Å². The van der Waals surface area contributed by atoms with Gasteiger partial charge in [-0.15, -0.1) is 5.10 Å². The molecule has 3 rings (SSSR count). The van der Waals surface area contributed by atoms with Crippen molar-refractivity contribution in [3.05, 3.63) is 59.8 Å². The zero-order valence-corrected chi connectivity index (χ0v) is 14.2. The predicted molar refractivity (Wildman–Crippen MR) is 105 cm³/mol. The first-order valence-corrected chi connectivity index (χ1v) is 7.85. The van der Waals surface area contributed by atoms with Crippen molar-refractivity contribution in [2.75, 3.05) is 11.1 Å². The van der Waals surface area contributed by atoms with E-state index in [1.165, 1.54) is 0 Å². The number of benzene rings is 2. The maximum Gasteiger partial charge on any atom is 0.272 e. The van der Waals surface area contributed by atoms with E-state index in [0.717, 1.165) is 16.5 Å². The Labute approximate surface area is 149 Å². The van der Waals surface area contributed by atoms with Gasteiger partial charge in [-0.3, -0.25) is 4.79 Å². The molecule has 0 radical (unpaired) electrons. The molecule has 0 spiro atoms. The molecule has 3 aromatic rings. The van der Waals surface area contributed by atoms with Crippen molar-refractivity contribution in [1.29, 1.82) is 0 Å². The van der Waals surface area contributed by atoms with Gasteiger partial charge in [-0.05, 0) is 48.9 Å². The van der Waals surface area contributed by atoms with Crippen LogP contribution >= 0.6 is 0 Å². The first-order valence-electron chi connectivity index (χ1n) is 7.85. The summed E-state index contributed by atoms with van der Waals surface area (Å²) in [5, 5.41) is 11.3. The Kier molecular flexibility index (Phi) is 4.57. The number of aromatic amines is 1. The molecular formula is C18H19N7O. The summed E-state index contributed by atoms with van der Waals surface area (Å²) in [6.45, 7) is 1.80. The minimum Gasteiger partial charge on any atom is -0.399 e. The second-order valence-corrected chi connectivity index (χ2v) is 5.77. The van der Waals surface area contributed by atoms with Gasteiger partial charge in [0.1, 0.15) is 5.69 Å². The highest BCUT2D eigenvalue weighted by atomic mass is 16.1. The monoisotopic (exact) mass is 349 g/mol. The van der Waals surface area contributed by atoms with Crippen LogP contribution in [0.15, 0.2) is 58.7 Å². The van der Waals surface area contributed by atoms with Crippen LogP contribution in [0.2, 0.25) is 0 Å². The van der Waals surface area contributed by atoms with Gasteiger partial charge >= 0.3 is 0 Å². The van der Waals surface area contributed by atoms with Crippen LogP contribution in [0.3, 0.4) is 0 Å². The largest absolute Gasteiger partial charge is 0.399 e. The minimum atomic E-state index is -0.251. The summed E-state index contributed by atoms with van der Waals surface area (Å²) < 4.78 is 0. The third kappa shape index (κ3) is 3.81. The number of hydrogen-bond acceptors (Lipinski definition) is 4. The number of H-pyrrole nitrogens is 1. The Morgan fingerprint density at radius 3 is 2.62 bits per heavy atom. The van der Waals surface area contributed by atoms with Crippen LogP contribution in [-0.2, 0) is 0 Å². The quantitative estimate of drug-likeness (QED) is 0.212. The molecule has 0 aliphatic rings. The van der Waals surface area contributed by atoms with Gasteiger partial charge in [0.15, 0.2) is 0 Å². The van der Waals surface area contributed by atoms with Crippen molar-refractivity contribution in [3.63, 3.8) is 0 Å². The van der Waals surface area contributed by atoms with E-state index in [1.807, 2.05) is 18.2 Å². The molecule has 1 heterocycles. The van der Waals surface area contributed by atoms with Crippen LogP contribution in [0.25, 0.3) is 10.9 Å². The van der Waals surface area contributed by atoms with Gasteiger partial charge in [0, 0.05) is 22.3 Å². The summed E-state index contributed by atoms with van der Waals surface area (Å²) in [6.07, 6.45) is 0. The van der Waals surface area contributed by atoms with Gasteiger partial charge < -0.3 is 27.5 Å². The molecule has 8 N–H and O–H groups in total. The van der Waals surface area contributed by atoms with Gasteiger partial charge in [0.2, 0.25) is 5.96 Å². The van der Waals surface area contributed by atoms with Crippen molar-refractivity contribution >= 4 is 39.9 Å². The van der Waals surface area contributed by atoms with E-state index in [9.17, 15) is 4.79 Å². The average molecular weight is 349 g/mol. The Balaban J connectivity index is 1.86. The van der Waals surface area contributed by atoms with Crippen molar-refractivity contribution in [3.8, 4) is 0 Å². The molecule has 0 unspecified atom stereocenters. The van der Waals surface area contributed by atoms with E-state index in [2.05, 4.69) is 20.5 Å². The number of aromatic nitrogens is 1. The second kappa shape index (κ2) is 6.98. The highest BCUT2D eigenvalue weighted by molar-refractivity contribution is 6.07. The number of guanidine groups is 1. The topological polar surface area (TPSA) is 148 Å². The predicted octanol–water partition coefficient (Wildman–Crippen LogP) is 2.00. The minimum absolute atomic E-state index is 0.104. The molecule has 1 amide bonds. The summed E-state index contributed by atoms with van der Waals surface area (Å²) in [6, 6.07) is 14.4. The van der Waals surface area contributed by atoms with Gasteiger partial charge in [0.25, 0.3) is 5.91 Å². The zero-order valence-electron chi connectivity index (χ0n) is 14.2. The van der Waals surface area contributed by atoms with Crippen molar-refractivity contribution < 1.29 is 4.79 Å². The molecule has 8 nitrogen and oxygen atoms in total. The number of nitrogens with one attached hydrogen (secondary N) is 2. The highest BCUT2D eigenvalue weighted by Gasteiger charge is 2.11. The molecule has 0 aliphatic carbocycles. The number of hydrogen-bond donors (Lipinski definition) is 5. The standard InChI is InChI=1S/C18H19N7O/c1-10(24-25-18(20)21)11-5-6-15-12(7-11)8-16(23-15)17(26)22-14-4-2-3-13(19)9-14/h2-9,23H,19H2,1H3,(H,22,26)(H4,20,21,25)/b24-10-. The van der Waals surface area contributed by atoms with Crippen LogP contribution in [0.1, 0.15) is 23.0 Å². The number of amides is 1. The summed E-state index contributed by atoms with van der Waals surface area (Å²) in [5.41, 5.74) is 20.3. The van der Waals surface area contributed by atoms with E-state index in [4.69, 9.17) is 17.2 Å². The van der Waals surface area contributed by atoms with Crippen molar-refractivity contribution in [2.45, 2.75) is 6.92 Å². The summed E-state index contributed by atoms with van der Waals surface area (Å²) in [7, 11) is 0. The lowest BCUT2D eigenvalue weighted by Gasteiger charge is -2.04. The molecule has 0 aliphatic heterocycles. The molecule has 8 heteroatoms. The fourth-order valence-corrected chi connectivity index (χ4v) is 2.49. The molecule has 26 heavy (non-hydrogen) atoms. The van der Waals surface area contributed by atoms with Gasteiger partial charge in [0.05, 0.1) is 5.71 Å². The number of nitrogen functional groups attached to an aromatic ring is 1. The molecular weight excluding hydrogens is 330 g/mol. The fraction of sp³-hybridized carbons (Fsp3) is 0.0556. The second-order valence-electron chi connectivity index (χ2n) is 5.77. The normalized spacial score (nSPS) is 11.3. The lowest BCUT2D eigenvalue weighted by atomic mass is 10.1. The average Bonchev–Trinajstić information content (AvgIpc) is 3.03. The maximum absolute atomic E-state index is 12.4. The molecule has 0 fully saturated rings. The first kappa shape index (κ1) is 17.0. The van der Waals surface area contributed by atoms with Gasteiger partial charge in [-0.1, -0.05) is 12.1 Å². The highest BCUT2D eigenvalue weighted by Crippen LogP contribution is 2.19. The van der Waals surface area contributed by atoms with E-state index in [-0.39, 0.29) is 11.9 Å². The maximum atomic E-state index is 12.4. The number of nitrogens with zero attached hydrogens (tertiary/aromatic N) is 2. The Hall–Kier alpha value is -3.81. The van der Waals surface area contributed by atoms with Crippen LogP contribution in [0, 0.1) is 0 Å². The molecule has 0 atom stereocenters. The third-order valence-electron chi connectivity index (χ3n) is 3.74. The van der Waals surface area contributed by atoms with Crippen LogP contribution in [-0.4, -0.2) is 22.6 Å². The van der Waals surface area contributed by atoms with Gasteiger partial charge in [-0.25, -0.2) is 0 Å². The first-order chi connectivity index (χ1) is 12.4. The van der Waals surface area contributed by atoms with E-state index in [1.54, 1.807) is 37.3 Å². The summed E-state index contributed by atoms with van der Waals surface area (Å²) in [4.78, 5) is 15.5. The number of carbonyl (C=O) groups is 1. The summed E-state index contributed by atoms with van der Waals surface area (Å²) >= 11 is 0. The SMILES string of the molecule is C/C(=N/N=C(N)N)c1ccc2[nH]c(C(=O)Nc3cccc(N)c3)cc2c1. The lowest BCUT2D eigenvalue weighted by molar-refractivity contribution is 0.102. The number of carbonyl (C=O) groups excluding carboxylic acids is 1. The molecule has 2 aromatic carbocycles. The van der Waals surface area contributed by atoms with E-state index >= 15 is 0 Å². The van der Waals surface area contributed by atoms with E-state index < -0.39 is 0 Å². The van der Waals surface area contributed by atoms with Crippen molar-refractivity contribution in [1.82, 2.24) is 4.98 Å². The van der Waals surface area contributed by atoms with Crippen molar-refractivity contribution in [2.24, 2.45) is 21.7 Å². The van der Waals surface area contributed by atoms with Crippen LogP contribution < -0.4 is 22.5 Å². The zero-order chi connectivity index (χ0) is 18.7. The lowest BCUT2D eigenvalue weighted by Crippen LogP contribution is -2.22. The Bertz CT molecular complexity index is 1030. The number of anilines is 2. The molecule has 132 valence electrons. The fourth-order valence-electron chi connectivity index (χ4n) is 2.49. The molecule has 0 saturated carbocycles. The molecule has 1 aromatic heterocycles. The molecule has 0 bridgehead atoms. The number of rotatable bonds is 4. The van der Waals surface area contributed by atoms with Crippen LogP contribution in [0.4, 0.5) is 11.4 Å². The van der Waals surface area contributed by atoms with Crippen LogP contribution in [0.5, 0.6) is 0 Å². The Morgan fingerprint density at radius 2 is 1.88 bits per heavy atom. The number of fused-ring (bicyclic) bond motifs is 1. The smallest absolute Gasteiger partial charge is 0.272 e. The number of nitrogens with two attached hydrogens (primary N) is 3. The van der Waals surface area contributed by atoms with Gasteiger partial charge in [-0.2, -0.15) is 5.10 Å². The third-order valence-corrected chi connectivity index (χ3v) is 3.74.